The fourth-order valence-corrected chi connectivity index (χ4v) is 1.77. The molecule has 0 fully saturated rings. The van der Waals surface area contributed by atoms with Crippen molar-refractivity contribution in [3.63, 3.8) is 0 Å². The fraction of sp³-hybridized carbons (Fsp3) is 0.0833. The Kier molecular flexibility index (Phi) is 2.40. The molecule has 0 aliphatic rings. The third-order valence-corrected chi connectivity index (χ3v) is 2.65. The highest BCUT2D eigenvalue weighted by Gasteiger charge is 2.10. The highest BCUT2D eigenvalue weighted by atomic mass is 19.1. The third kappa shape index (κ3) is 1.67. The van der Waals surface area contributed by atoms with E-state index in [0.29, 0.717) is 11.6 Å². The second-order valence-corrected chi connectivity index (χ2v) is 3.78. The summed E-state index contributed by atoms with van der Waals surface area (Å²) >= 11 is 0. The third-order valence-electron chi connectivity index (χ3n) is 2.65. The van der Waals surface area contributed by atoms with E-state index < -0.39 is 0 Å². The van der Waals surface area contributed by atoms with Gasteiger partial charge in [0.25, 0.3) is 0 Å². The number of aromatic nitrogens is 4. The van der Waals surface area contributed by atoms with Crippen molar-refractivity contribution in [3.05, 3.63) is 36.3 Å². The number of nitrogens with one attached hydrogen (secondary N) is 2. The van der Waals surface area contributed by atoms with Crippen molar-refractivity contribution in [1.82, 2.24) is 20.2 Å². The molecular formula is C12H10FN5. The first-order valence-corrected chi connectivity index (χ1v) is 5.43. The Morgan fingerprint density at radius 3 is 2.67 bits per heavy atom. The van der Waals surface area contributed by atoms with Crippen LogP contribution in [-0.2, 0) is 0 Å². The van der Waals surface area contributed by atoms with Gasteiger partial charge in [0.15, 0.2) is 5.65 Å². The van der Waals surface area contributed by atoms with Crippen molar-refractivity contribution in [2.45, 2.75) is 0 Å². The SMILES string of the molecule is CNc1nc(-c2ccc(F)cc2)c2cn[nH]c2n1. The summed E-state index contributed by atoms with van der Waals surface area (Å²) in [5, 5.41) is 10.4. The number of nitrogens with zero attached hydrogens (tertiary/aromatic N) is 3. The van der Waals surface area contributed by atoms with Gasteiger partial charge in [0.1, 0.15) is 5.82 Å². The minimum atomic E-state index is -0.273. The smallest absolute Gasteiger partial charge is 0.225 e. The lowest BCUT2D eigenvalue weighted by molar-refractivity contribution is 0.628. The second-order valence-electron chi connectivity index (χ2n) is 3.78. The fourth-order valence-electron chi connectivity index (χ4n) is 1.77. The summed E-state index contributed by atoms with van der Waals surface area (Å²) in [4.78, 5) is 8.63. The largest absolute Gasteiger partial charge is 0.357 e. The molecule has 3 rings (SSSR count). The van der Waals surface area contributed by atoms with E-state index in [1.54, 1.807) is 25.4 Å². The van der Waals surface area contributed by atoms with Gasteiger partial charge in [-0.15, -0.1) is 0 Å². The average Bonchev–Trinajstić information content (AvgIpc) is 2.86. The van der Waals surface area contributed by atoms with E-state index in [2.05, 4.69) is 25.5 Å². The molecule has 1 aromatic carbocycles. The van der Waals surface area contributed by atoms with E-state index >= 15 is 0 Å². The predicted octanol–water partition coefficient (Wildman–Crippen LogP) is 2.20. The minimum absolute atomic E-state index is 0.273. The van der Waals surface area contributed by atoms with E-state index in [4.69, 9.17) is 0 Å². The molecule has 0 aliphatic heterocycles. The van der Waals surface area contributed by atoms with Crippen LogP contribution in [0.25, 0.3) is 22.3 Å². The Labute approximate surface area is 102 Å². The Bertz CT molecular complexity index is 689. The molecule has 0 bridgehead atoms. The Morgan fingerprint density at radius 1 is 1.17 bits per heavy atom. The molecule has 0 aliphatic carbocycles. The zero-order chi connectivity index (χ0) is 12.5. The van der Waals surface area contributed by atoms with E-state index in [-0.39, 0.29) is 5.82 Å². The van der Waals surface area contributed by atoms with Crippen molar-refractivity contribution >= 4 is 17.0 Å². The van der Waals surface area contributed by atoms with E-state index in [1.165, 1.54) is 12.1 Å². The van der Waals surface area contributed by atoms with Gasteiger partial charge < -0.3 is 5.32 Å². The topological polar surface area (TPSA) is 66.5 Å². The highest BCUT2D eigenvalue weighted by molar-refractivity contribution is 5.90. The molecule has 0 atom stereocenters. The molecular weight excluding hydrogens is 233 g/mol. The van der Waals surface area contributed by atoms with Crippen LogP contribution >= 0.6 is 0 Å². The number of halogens is 1. The summed E-state index contributed by atoms with van der Waals surface area (Å²) in [5.74, 6) is 0.219. The molecule has 0 radical (unpaired) electrons. The standard InChI is InChI=1S/C12H10FN5/c1-14-12-16-10(7-2-4-8(13)5-3-7)9-6-15-18-11(9)17-12/h2-6H,1H3,(H2,14,15,16,17,18). The number of benzene rings is 1. The van der Waals surface area contributed by atoms with Gasteiger partial charge >= 0.3 is 0 Å². The van der Waals surface area contributed by atoms with Gasteiger partial charge in [0.05, 0.1) is 17.3 Å². The maximum Gasteiger partial charge on any atom is 0.225 e. The van der Waals surface area contributed by atoms with Crippen LogP contribution in [0, 0.1) is 5.82 Å². The van der Waals surface area contributed by atoms with Crippen LogP contribution in [0.3, 0.4) is 0 Å². The molecule has 0 spiro atoms. The lowest BCUT2D eigenvalue weighted by Gasteiger charge is -2.05. The number of anilines is 1. The molecule has 6 heteroatoms. The van der Waals surface area contributed by atoms with Gasteiger partial charge in [-0.05, 0) is 24.3 Å². The first-order chi connectivity index (χ1) is 8.78. The Morgan fingerprint density at radius 2 is 1.94 bits per heavy atom. The van der Waals surface area contributed by atoms with E-state index in [9.17, 15) is 4.39 Å². The number of aromatic amines is 1. The molecule has 18 heavy (non-hydrogen) atoms. The van der Waals surface area contributed by atoms with Crippen LogP contribution in [0.2, 0.25) is 0 Å². The van der Waals surface area contributed by atoms with Crippen molar-refractivity contribution in [2.24, 2.45) is 0 Å². The van der Waals surface area contributed by atoms with Gasteiger partial charge in [-0.2, -0.15) is 10.1 Å². The summed E-state index contributed by atoms with van der Waals surface area (Å²) in [6.45, 7) is 0. The number of hydrogen-bond acceptors (Lipinski definition) is 4. The average molecular weight is 243 g/mol. The lowest BCUT2D eigenvalue weighted by atomic mass is 10.1. The summed E-state index contributed by atoms with van der Waals surface area (Å²) in [6, 6.07) is 6.18. The van der Waals surface area contributed by atoms with Crippen LogP contribution < -0.4 is 5.32 Å². The van der Waals surface area contributed by atoms with Crippen molar-refractivity contribution in [1.29, 1.82) is 0 Å². The minimum Gasteiger partial charge on any atom is -0.357 e. The van der Waals surface area contributed by atoms with Crippen LogP contribution in [-0.4, -0.2) is 27.2 Å². The first-order valence-electron chi connectivity index (χ1n) is 5.43. The number of fused-ring (bicyclic) bond motifs is 1. The quantitative estimate of drug-likeness (QED) is 0.724. The number of rotatable bonds is 2. The van der Waals surface area contributed by atoms with Crippen LogP contribution in [0.4, 0.5) is 10.3 Å². The molecule has 2 aromatic heterocycles. The van der Waals surface area contributed by atoms with Crippen LogP contribution in [0.5, 0.6) is 0 Å². The van der Waals surface area contributed by atoms with E-state index in [1.807, 2.05) is 0 Å². The maximum absolute atomic E-state index is 12.9. The lowest BCUT2D eigenvalue weighted by Crippen LogP contribution is -1.98. The summed E-state index contributed by atoms with van der Waals surface area (Å²) < 4.78 is 12.9. The first kappa shape index (κ1) is 10.6. The molecule has 0 saturated heterocycles. The van der Waals surface area contributed by atoms with Crippen LogP contribution in [0.15, 0.2) is 30.5 Å². The van der Waals surface area contributed by atoms with Gasteiger partial charge in [0, 0.05) is 12.6 Å². The van der Waals surface area contributed by atoms with Crippen molar-refractivity contribution < 1.29 is 4.39 Å². The highest BCUT2D eigenvalue weighted by Crippen LogP contribution is 2.25. The van der Waals surface area contributed by atoms with Gasteiger partial charge in [0.2, 0.25) is 5.95 Å². The van der Waals surface area contributed by atoms with Crippen LogP contribution in [0.1, 0.15) is 0 Å². The molecule has 0 amide bonds. The molecule has 2 heterocycles. The Hall–Kier alpha value is -2.50. The normalized spacial score (nSPS) is 10.8. The van der Waals surface area contributed by atoms with Crippen molar-refractivity contribution in [2.75, 3.05) is 12.4 Å². The summed E-state index contributed by atoms with van der Waals surface area (Å²) in [7, 11) is 1.74. The molecule has 90 valence electrons. The van der Waals surface area contributed by atoms with E-state index in [0.717, 1.165) is 16.6 Å². The molecule has 5 nitrogen and oxygen atoms in total. The molecule has 3 aromatic rings. The molecule has 0 saturated carbocycles. The predicted molar refractivity (Wildman–Crippen MR) is 66.6 cm³/mol. The summed E-state index contributed by atoms with van der Waals surface area (Å²) in [6.07, 6.45) is 1.66. The van der Waals surface area contributed by atoms with Gasteiger partial charge in [-0.3, -0.25) is 5.10 Å². The van der Waals surface area contributed by atoms with Crippen molar-refractivity contribution in [3.8, 4) is 11.3 Å². The van der Waals surface area contributed by atoms with Gasteiger partial charge in [-0.25, -0.2) is 9.37 Å². The number of hydrogen-bond donors (Lipinski definition) is 2. The molecule has 0 unspecified atom stereocenters. The monoisotopic (exact) mass is 243 g/mol. The zero-order valence-electron chi connectivity index (χ0n) is 9.61. The van der Waals surface area contributed by atoms with Gasteiger partial charge in [-0.1, -0.05) is 0 Å². The second kappa shape index (κ2) is 4.06. The summed E-state index contributed by atoms with van der Waals surface area (Å²) in [5.41, 5.74) is 2.19. The maximum atomic E-state index is 12.9. The number of H-pyrrole nitrogens is 1. The zero-order valence-corrected chi connectivity index (χ0v) is 9.61. The Balaban J connectivity index is 2.26. The molecule has 2 N–H and O–H groups in total.